The maximum Gasteiger partial charge on any atom is 0.227 e. The summed E-state index contributed by atoms with van der Waals surface area (Å²) in [6, 6.07) is 13.6. The quantitative estimate of drug-likeness (QED) is 0.459. The Labute approximate surface area is 210 Å². The zero-order chi connectivity index (χ0) is 26.0. The van der Waals surface area contributed by atoms with Crippen LogP contribution >= 0.6 is 11.6 Å². The highest BCUT2D eigenvalue weighted by molar-refractivity contribution is 7.88. The monoisotopic (exact) mass is 520 g/mol. The Morgan fingerprint density at radius 2 is 1.86 bits per heavy atom. The highest BCUT2D eigenvalue weighted by Crippen LogP contribution is 2.25. The molecule has 0 aliphatic carbocycles. The number of sulfonamides is 1. The van der Waals surface area contributed by atoms with E-state index in [2.05, 4.69) is 30.8 Å². The summed E-state index contributed by atoms with van der Waals surface area (Å²) >= 11 is 6.17. The topological polar surface area (TPSA) is 93.1 Å². The average molecular weight is 521 g/mol. The Kier molecular flexibility index (Phi) is 8.03. The number of amides is 1. The number of aromatic nitrogens is 2. The van der Waals surface area contributed by atoms with Gasteiger partial charge >= 0.3 is 0 Å². The summed E-state index contributed by atoms with van der Waals surface area (Å²) < 4.78 is 41.0. The molecule has 188 valence electrons. The molecule has 1 atom stereocenters. The standard InChI is InChI=1S/C25H30ClFN4O3S/c1-16(17-9-10-18(22(27)11-17)14-29-35(5,33)34)24(32)28-15-21-13-23(25(2,3)4)30-31(21)20-8-6-7-19(26)12-20/h6-13,16,29H,14-15H2,1-5H3,(H,28,32). The molecule has 2 N–H and O–H groups in total. The van der Waals surface area contributed by atoms with Gasteiger partial charge in [-0.25, -0.2) is 22.2 Å². The highest BCUT2D eigenvalue weighted by Gasteiger charge is 2.22. The average Bonchev–Trinajstić information content (AvgIpc) is 3.20. The minimum absolute atomic E-state index is 0.158. The van der Waals surface area contributed by atoms with Gasteiger partial charge in [0.1, 0.15) is 5.82 Å². The van der Waals surface area contributed by atoms with E-state index in [-0.39, 0.29) is 30.0 Å². The van der Waals surface area contributed by atoms with Crippen LogP contribution in [0.15, 0.2) is 48.5 Å². The van der Waals surface area contributed by atoms with Crippen molar-refractivity contribution >= 4 is 27.5 Å². The SMILES string of the molecule is CC(C(=O)NCc1cc(C(C)(C)C)nn1-c1cccc(Cl)c1)c1ccc(CNS(C)(=O)=O)c(F)c1. The summed E-state index contributed by atoms with van der Waals surface area (Å²) in [7, 11) is -3.44. The number of carbonyl (C=O) groups excluding carboxylic acids is 1. The third-order valence-electron chi connectivity index (χ3n) is 5.54. The van der Waals surface area contributed by atoms with E-state index in [0.717, 1.165) is 23.3 Å². The van der Waals surface area contributed by atoms with E-state index in [0.29, 0.717) is 10.6 Å². The van der Waals surface area contributed by atoms with Gasteiger partial charge in [0, 0.05) is 22.5 Å². The first-order valence-corrected chi connectivity index (χ1v) is 13.4. The molecular weight excluding hydrogens is 491 g/mol. The van der Waals surface area contributed by atoms with E-state index in [1.54, 1.807) is 29.8 Å². The molecule has 0 radical (unpaired) electrons. The van der Waals surface area contributed by atoms with Crippen LogP contribution in [0.5, 0.6) is 0 Å². The van der Waals surface area contributed by atoms with E-state index in [9.17, 15) is 17.6 Å². The number of nitrogens with one attached hydrogen (secondary N) is 2. The Morgan fingerprint density at radius 1 is 1.14 bits per heavy atom. The van der Waals surface area contributed by atoms with Gasteiger partial charge in [-0.05, 0) is 42.8 Å². The molecule has 0 spiro atoms. The van der Waals surface area contributed by atoms with E-state index >= 15 is 0 Å². The van der Waals surface area contributed by atoms with Gasteiger partial charge in [0.2, 0.25) is 15.9 Å². The fourth-order valence-corrected chi connectivity index (χ4v) is 4.01. The second-order valence-electron chi connectivity index (χ2n) is 9.55. The van der Waals surface area contributed by atoms with Gasteiger partial charge < -0.3 is 5.32 Å². The zero-order valence-electron chi connectivity index (χ0n) is 20.4. The first-order chi connectivity index (χ1) is 16.2. The number of hydrogen-bond donors (Lipinski definition) is 2. The third kappa shape index (κ3) is 7.13. The van der Waals surface area contributed by atoms with Gasteiger partial charge in [-0.1, -0.05) is 50.6 Å². The highest BCUT2D eigenvalue weighted by atomic mass is 35.5. The van der Waals surface area contributed by atoms with E-state index in [4.69, 9.17) is 16.7 Å². The first-order valence-electron chi connectivity index (χ1n) is 11.1. The largest absolute Gasteiger partial charge is 0.350 e. The predicted molar refractivity (Wildman–Crippen MR) is 136 cm³/mol. The second-order valence-corrected chi connectivity index (χ2v) is 11.8. The van der Waals surface area contributed by atoms with Crippen molar-refractivity contribution in [2.45, 2.75) is 52.1 Å². The lowest BCUT2D eigenvalue weighted by Gasteiger charge is -2.15. The van der Waals surface area contributed by atoms with Crippen molar-refractivity contribution in [1.82, 2.24) is 19.8 Å². The Balaban J connectivity index is 1.76. The van der Waals surface area contributed by atoms with Crippen molar-refractivity contribution in [3.05, 3.63) is 81.9 Å². The number of rotatable bonds is 8. The summed E-state index contributed by atoms with van der Waals surface area (Å²) in [4.78, 5) is 12.9. The van der Waals surface area contributed by atoms with Crippen LogP contribution in [0.4, 0.5) is 4.39 Å². The molecule has 3 rings (SSSR count). The fraction of sp³-hybridized carbons (Fsp3) is 0.360. The molecule has 1 aromatic heterocycles. The van der Waals surface area contributed by atoms with Crippen LogP contribution in [0.1, 0.15) is 56.1 Å². The number of nitrogens with zero attached hydrogens (tertiary/aromatic N) is 2. The molecule has 2 aromatic carbocycles. The first kappa shape index (κ1) is 26.8. The molecule has 35 heavy (non-hydrogen) atoms. The molecule has 0 saturated carbocycles. The Hall–Kier alpha value is -2.75. The van der Waals surface area contributed by atoms with Crippen LogP contribution in [0.3, 0.4) is 0 Å². The van der Waals surface area contributed by atoms with Crippen LogP contribution in [0.2, 0.25) is 5.02 Å². The predicted octanol–water partition coefficient (Wildman–Crippen LogP) is 4.43. The van der Waals surface area contributed by atoms with E-state index in [1.807, 2.05) is 18.2 Å². The minimum Gasteiger partial charge on any atom is -0.350 e. The summed E-state index contributed by atoms with van der Waals surface area (Å²) in [5.41, 5.74) is 2.93. The van der Waals surface area contributed by atoms with Crippen molar-refractivity contribution in [2.75, 3.05) is 6.26 Å². The van der Waals surface area contributed by atoms with E-state index < -0.39 is 21.8 Å². The van der Waals surface area contributed by atoms with Crippen molar-refractivity contribution in [2.24, 2.45) is 0 Å². The van der Waals surface area contributed by atoms with Gasteiger partial charge in [-0.2, -0.15) is 5.10 Å². The van der Waals surface area contributed by atoms with Gasteiger partial charge in [-0.15, -0.1) is 0 Å². The Bertz CT molecular complexity index is 1330. The van der Waals surface area contributed by atoms with Crippen LogP contribution < -0.4 is 10.0 Å². The molecule has 0 aliphatic heterocycles. The van der Waals surface area contributed by atoms with Crippen LogP contribution in [-0.2, 0) is 33.3 Å². The summed E-state index contributed by atoms with van der Waals surface area (Å²) in [6.45, 7) is 7.93. The van der Waals surface area contributed by atoms with Gasteiger partial charge in [0.15, 0.2) is 0 Å². The zero-order valence-corrected chi connectivity index (χ0v) is 22.0. The van der Waals surface area contributed by atoms with Crippen molar-refractivity contribution < 1.29 is 17.6 Å². The number of carbonyl (C=O) groups is 1. The number of hydrogen-bond acceptors (Lipinski definition) is 4. The summed E-state index contributed by atoms with van der Waals surface area (Å²) in [5.74, 6) is -1.47. The van der Waals surface area contributed by atoms with Gasteiger partial charge in [-0.3, -0.25) is 4.79 Å². The molecular formula is C25H30ClFN4O3S. The van der Waals surface area contributed by atoms with Crippen molar-refractivity contribution in [1.29, 1.82) is 0 Å². The fourth-order valence-electron chi connectivity index (χ4n) is 3.41. The van der Waals surface area contributed by atoms with Crippen molar-refractivity contribution in [3.63, 3.8) is 0 Å². The molecule has 0 saturated heterocycles. The third-order valence-corrected chi connectivity index (χ3v) is 6.45. The normalized spacial score (nSPS) is 13.0. The molecule has 0 bridgehead atoms. The molecule has 3 aromatic rings. The van der Waals surface area contributed by atoms with Gasteiger partial charge in [0.05, 0.1) is 35.8 Å². The molecule has 0 aliphatic rings. The number of halogens is 2. The molecule has 1 unspecified atom stereocenters. The Morgan fingerprint density at radius 3 is 2.46 bits per heavy atom. The molecule has 7 nitrogen and oxygen atoms in total. The molecule has 10 heteroatoms. The molecule has 1 heterocycles. The minimum atomic E-state index is -3.44. The van der Waals surface area contributed by atoms with Gasteiger partial charge in [0.25, 0.3) is 0 Å². The summed E-state index contributed by atoms with van der Waals surface area (Å²) in [5, 5.41) is 8.24. The number of benzene rings is 2. The lowest BCUT2D eigenvalue weighted by Crippen LogP contribution is -2.28. The van der Waals surface area contributed by atoms with Crippen LogP contribution in [0.25, 0.3) is 5.69 Å². The van der Waals surface area contributed by atoms with Crippen molar-refractivity contribution in [3.8, 4) is 5.69 Å². The lowest BCUT2D eigenvalue weighted by atomic mass is 9.92. The summed E-state index contributed by atoms with van der Waals surface area (Å²) in [6.07, 6.45) is 1.01. The maximum atomic E-state index is 14.5. The molecule has 1 amide bonds. The van der Waals surface area contributed by atoms with Crippen LogP contribution in [-0.4, -0.2) is 30.4 Å². The lowest BCUT2D eigenvalue weighted by molar-refractivity contribution is -0.122. The molecule has 0 fully saturated rings. The van der Waals surface area contributed by atoms with E-state index in [1.165, 1.54) is 12.1 Å². The maximum absolute atomic E-state index is 14.5. The smallest absolute Gasteiger partial charge is 0.227 e. The van der Waals surface area contributed by atoms with Crippen LogP contribution in [0, 0.1) is 5.82 Å². The second kappa shape index (κ2) is 10.5.